The van der Waals surface area contributed by atoms with Crippen molar-refractivity contribution >= 4 is 11.8 Å². The highest BCUT2D eigenvalue weighted by molar-refractivity contribution is 7.98. The molecule has 18 heavy (non-hydrogen) atoms. The number of nitrogens with one attached hydrogen (secondary N) is 1. The molecule has 1 aromatic rings. The van der Waals surface area contributed by atoms with E-state index in [1.165, 1.54) is 36.8 Å². The van der Waals surface area contributed by atoms with Gasteiger partial charge in [0.2, 0.25) is 0 Å². The molecule has 2 nitrogen and oxygen atoms in total. The van der Waals surface area contributed by atoms with Gasteiger partial charge in [0.05, 0.1) is 11.6 Å². The van der Waals surface area contributed by atoms with Crippen LogP contribution in [0.15, 0.2) is 18.2 Å². The molecule has 0 spiro atoms. The first-order valence-electron chi connectivity index (χ1n) is 6.16. The maximum absolute atomic E-state index is 13.1. The Balaban J connectivity index is 2.27. The molecular formula is C14H19FN2S. The molecule has 0 unspecified atom stereocenters. The zero-order valence-corrected chi connectivity index (χ0v) is 11.5. The molecular weight excluding hydrogens is 247 g/mol. The van der Waals surface area contributed by atoms with E-state index in [0.29, 0.717) is 12.1 Å². The third-order valence-corrected chi connectivity index (χ3v) is 3.40. The van der Waals surface area contributed by atoms with Crippen molar-refractivity contribution in [2.45, 2.75) is 25.8 Å². The largest absolute Gasteiger partial charge is 0.313 e. The summed E-state index contributed by atoms with van der Waals surface area (Å²) in [7, 11) is 0. The third-order valence-electron chi connectivity index (χ3n) is 2.71. The molecule has 0 atom stereocenters. The summed E-state index contributed by atoms with van der Waals surface area (Å²) < 4.78 is 13.1. The van der Waals surface area contributed by atoms with Gasteiger partial charge in [0.25, 0.3) is 0 Å². The molecule has 1 N–H and O–H groups in total. The molecule has 1 rings (SSSR count). The van der Waals surface area contributed by atoms with Gasteiger partial charge in [0.15, 0.2) is 0 Å². The van der Waals surface area contributed by atoms with E-state index in [9.17, 15) is 4.39 Å². The zero-order chi connectivity index (χ0) is 13.2. The summed E-state index contributed by atoms with van der Waals surface area (Å²) in [4.78, 5) is 0. The van der Waals surface area contributed by atoms with Crippen LogP contribution in [0, 0.1) is 17.1 Å². The Labute approximate surface area is 113 Å². The molecule has 0 fully saturated rings. The Morgan fingerprint density at radius 1 is 1.33 bits per heavy atom. The van der Waals surface area contributed by atoms with Gasteiger partial charge < -0.3 is 5.32 Å². The van der Waals surface area contributed by atoms with Gasteiger partial charge in [-0.05, 0) is 55.2 Å². The quantitative estimate of drug-likeness (QED) is 0.733. The van der Waals surface area contributed by atoms with Crippen molar-refractivity contribution in [1.82, 2.24) is 5.32 Å². The lowest BCUT2D eigenvalue weighted by molar-refractivity contribution is 0.605. The second-order valence-corrected chi connectivity index (χ2v) is 5.13. The van der Waals surface area contributed by atoms with Crippen LogP contribution in [0.4, 0.5) is 4.39 Å². The normalized spacial score (nSPS) is 10.3. The summed E-state index contributed by atoms with van der Waals surface area (Å²) in [5.74, 6) is 0.924. The maximum atomic E-state index is 13.1. The highest BCUT2D eigenvalue weighted by atomic mass is 32.2. The Bertz CT molecular complexity index is 401. The van der Waals surface area contributed by atoms with Crippen molar-refractivity contribution in [3.05, 3.63) is 35.1 Å². The second kappa shape index (κ2) is 8.96. The minimum Gasteiger partial charge on any atom is -0.313 e. The molecule has 0 bridgehead atoms. The van der Waals surface area contributed by atoms with Gasteiger partial charge in [0.1, 0.15) is 5.82 Å². The van der Waals surface area contributed by atoms with Crippen LogP contribution in [0.2, 0.25) is 0 Å². The number of halogens is 1. The molecule has 0 saturated heterocycles. The van der Waals surface area contributed by atoms with E-state index in [0.717, 1.165) is 18.5 Å². The first-order chi connectivity index (χ1) is 8.77. The topological polar surface area (TPSA) is 35.8 Å². The van der Waals surface area contributed by atoms with Crippen molar-refractivity contribution in [2.24, 2.45) is 0 Å². The molecule has 4 heteroatoms. The Hall–Kier alpha value is -1.05. The molecule has 98 valence electrons. The van der Waals surface area contributed by atoms with Crippen LogP contribution in [-0.2, 0) is 6.54 Å². The SMILES string of the molecule is CSCCCCCNCc1cc(F)ccc1C#N. The number of hydrogen-bond donors (Lipinski definition) is 1. The van der Waals surface area contributed by atoms with Crippen LogP contribution in [-0.4, -0.2) is 18.6 Å². The summed E-state index contributed by atoms with van der Waals surface area (Å²) in [6.45, 7) is 1.47. The lowest BCUT2D eigenvalue weighted by atomic mass is 10.1. The van der Waals surface area contributed by atoms with E-state index in [2.05, 4.69) is 17.6 Å². The Kier molecular flexibility index (Phi) is 7.47. The van der Waals surface area contributed by atoms with Crippen LogP contribution in [0.3, 0.4) is 0 Å². The molecule has 0 aliphatic rings. The van der Waals surface area contributed by atoms with Gasteiger partial charge in [0, 0.05) is 6.54 Å². The highest BCUT2D eigenvalue weighted by Crippen LogP contribution is 2.10. The predicted molar refractivity (Wildman–Crippen MR) is 75.1 cm³/mol. The predicted octanol–water partition coefficient (Wildman–Crippen LogP) is 3.32. The second-order valence-electron chi connectivity index (χ2n) is 4.14. The summed E-state index contributed by atoms with van der Waals surface area (Å²) >= 11 is 1.87. The van der Waals surface area contributed by atoms with Crippen LogP contribution in [0.25, 0.3) is 0 Å². The fourth-order valence-electron chi connectivity index (χ4n) is 1.71. The smallest absolute Gasteiger partial charge is 0.123 e. The Morgan fingerprint density at radius 2 is 2.17 bits per heavy atom. The third kappa shape index (κ3) is 5.52. The number of thioether (sulfide) groups is 1. The van der Waals surface area contributed by atoms with Gasteiger partial charge in [-0.2, -0.15) is 17.0 Å². The first-order valence-corrected chi connectivity index (χ1v) is 7.55. The van der Waals surface area contributed by atoms with Gasteiger partial charge in [-0.1, -0.05) is 6.42 Å². The van der Waals surface area contributed by atoms with Gasteiger partial charge in [-0.25, -0.2) is 4.39 Å². The van der Waals surface area contributed by atoms with E-state index in [4.69, 9.17) is 5.26 Å². The van der Waals surface area contributed by atoms with E-state index in [-0.39, 0.29) is 5.82 Å². The van der Waals surface area contributed by atoms with Gasteiger partial charge in [-0.3, -0.25) is 0 Å². The minimum absolute atomic E-state index is 0.286. The number of hydrogen-bond acceptors (Lipinski definition) is 3. The molecule has 0 aliphatic carbocycles. The number of benzene rings is 1. The van der Waals surface area contributed by atoms with Crippen molar-refractivity contribution in [3.63, 3.8) is 0 Å². The van der Waals surface area contributed by atoms with E-state index < -0.39 is 0 Å². The molecule has 0 aromatic heterocycles. The number of unbranched alkanes of at least 4 members (excludes halogenated alkanes) is 2. The summed E-state index contributed by atoms with van der Waals surface area (Å²) in [5, 5.41) is 12.2. The summed E-state index contributed by atoms with van der Waals surface area (Å²) in [6, 6.07) is 6.37. The molecule has 0 radical (unpaired) electrons. The number of rotatable bonds is 8. The molecule has 0 heterocycles. The van der Waals surface area contributed by atoms with Crippen LogP contribution in [0.1, 0.15) is 30.4 Å². The zero-order valence-electron chi connectivity index (χ0n) is 10.7. The standard InChI is InChI=1S/C14H19FN2S/c1-18-8-4-2-3-7-17-11-13-9-14(15)6-5-12(13)10-16/h5-6,9,17H,2-4,7-8,11H2,1H3. The van der Waals surface area contributed by atoms with Crippen molar-refractivity contribution in [1.29, 1.82) is 5.26 Å². The first kappa shape index (κ1) is 15.0. The van der Waals surface area contributed by atoms with E-state index in [1.807, 2.05) is 11.8 Å². The monoisotopic (exact) mass is 266 g/mol. The van der Waals surface area contributed by atoms with Crippen LogP contribution >= 0.6 is 11.8 Å². The van der Waals surface area contributed by atoms with Crippen molar-refractivity contribution < 1.29 is 4.39 Å². The molecule has 0 aliphatic heterocycles. The van der Waals surface area contributed by atoms with E-state index >= 15 is 0 Å². The highest BCUT2D eigenvalue weighted by Gasteiger charge is 2.02. The van der Waals surface area contributed by atoms with Crippen LogP contribution < -0.4 is 5.32 Å². The lowest BCUT2D eigenvalue weighted by Crippen LogP contribution is -2.15. The lowest BCUT2D eigenvalue weighted by Gasteiger charge is -2.06. The fourth-order valence-corrected chi connectivity index (χ4v) is 2.21. The molecule has 0 saturated carbocycles. The maximum Gasteiger partial charge on any atom is 0.123 e. The number of nitrogens with zero attached hydrogens (tertiary/aromatic N) is 1. The van der Waals surface area contributed by atoms with Gasteiger partial charge >= 0.3 is 0 Å². The molecule has 0 amide bonds. The van der Waals surface area contributed by atoms with E-state index in [1.54, 1.807) is 0 Å². The minimum atomic E-state index is -0.286. The average Bonchev–Trinajstić information content (AvgIpc) is 2.38. The fraction of sp³-hybridized carbons (Fsp3) is 0.500. The number of nitriles is 1. The summed E-state index contributed by atoms with van der Waals surface area (Å²) in [5.41, 5.74) is 1.29. The van der Waals surface area contributed by atoms with Crippen LogP contribution in [0.5, 0.6) is 0 Å². The van der Waals surface area contributed by atoms with Gasteiger partial charge in [-0.15, -0.1) is 0 Å². The molecule has 1 aromatic carbocycles. The van der Waals surface area contributed by atoms with Crippen molar-refractivity contribution in [3.8, 4) is 6.07 Å². The summed E-state index contributed by atoms with van der Waals surface area (Å²) in [6.07, 6.45) is 5.69. The Morgan fingerprint density at radius 3 is 2.89 bits per heavy atom. The van der Waals surface area contributed by atoms with Crippen molar-refractivity contribution in [2.75, 3.05) is 18.6 Å². The average molecular weight is 266 g/mol.